The highest BCUT2D eigenvalue weighted by molar-refractivity contribution is 5.69. The van der Waals surface area contributed by atoms with Gasteiger partial charge < -0.3 is 4.74 Å². The number of rotatable bonds is 17. The number of esters is 1. The summed E-state index contributed by atoms with van der Waals surface area (Å²) in [7, 11) is 0. The van der Waals surface area contributed by atoms with Crippen molar-refractivity contribution < 1.29 is 9.53 Å². The van der Waals surface area contributed by atoms with Gasteiger partial charge in [0.15, 0.2) is 0 Å². The van der Waals surface area contributed by atoms with Crippen molar-refractivity contribution in [1.82, 2.24) is 0 Å². The van der Waals surface area contributed by atoms with Crippen LogP contribution >= 0.6 is 0 Å². The number of ether oxygens (including phenoxy) is 1. The fraction of sp³-hybridized carbons (Fsp3) is 0.708. The number of carbonyl (C=O) groups is 1. The second kappa shape index (κ2) is 17.1. The number of hydrogen-bond donors (Lipinski definition) is 0. The van der Waals surface area contributed by atoms with Crippen LogP contribution in [0.3, 0.4) is 0 Å². The molecule has 0 aromatic heterocycles. The average molecular weight is 361 g/mol. The van der Waals surface area contributed by atoms with Gasteiger partial charge in [-0.15, -0.1) is 0 Å². The molecule has 1 rings (SSSR count). The first-order chi connectivity index (χ1) is 12.8. The van der Waals surface area contributed by atoms with Crippen LogP contribution in [0.15, 0.2) is 30.3 Å². The zero-order chi connectivity index (χ0) is 18.7. The van der Waals surface area contributed by atoms with Crippen LogP contribution in [0.1, 0.15) is 102 Å². The van der Waals surface area contributed by atoms with Crippen molar-refractivity contribution in [3.63, 3.8) is 0 Å². The number of unbranched alkanes of at least 4 members (excludes halogenated alkanes) is 11. The lowest BCUT2D eigenvalue weighted by molar-refractivity contribution is -0.143. The first-order valence-corrected chi connectivity index (χ1v) is 11.0. The Morgan fingerprint density at radius 3 is 1.92 bits per heavy atom. The standard InChI is InChI=1S/C24H40O2/c1-2-3-4-5-6-7-8-9-10-11-17-22-26-24(25)21-16-15-20-23-18-13-12-14-19-23/h12-14,18-19H,2-11,15-17,20-22H2,1H3. The Kier molecular flexibility index (Phi) is 15.0. The van der Waals surface area contributed by atoms with Gasteiger partial charge in [0.05, 0.1) is 6.61 Å². The summed E-state index contributed by atoms with van der Waals surface area (Å²) in [5.74, 6) is -0.0230. The molecule has 0 amide bonds. The van der Waals surface area contributed by atoms with E-state index in [4.69, 9.17) is 4.74 Å². The highest BCUT2D eigenvalue weighted by Gasteiger charge is 2.02. The SMILES string of the molecule is CCCCCCCCCCCCCOC(=O)CCCCc1ccccc1. The van der Waals surface area contributed by atoms with Crippen LogP contribution in [0.25, 0.3) is 0 Å². The molecular weight excluding hydrogens is 320 g/mol. The van der Waals surface area contributed by atoms with Crippen LogP contribution in [0.4, 0.5) is 0 Å². The van der Waals surface area contributed by atoms with Crippen molar-refractivity contribution in [3.8, 4) is 0 Å². The molecule has 0 radical (unpaired) electrons. The van der Waals surface area contributed by atoms with Crippen LogP contribution < -0.4 is 0 Å². The van der Waals surface area contributed by atoms with Crippen LogP contribution in [0.5, 0.6) is 0 Å². The zero-order valence-corrected chi connectivity index (χ0v) is 17.0. The molecule has 2 nitrogen and oxygen atoms in total. The van der Waals surface area contributed by atoms with Crippen LogP contribution in [-0.4, -0.2) is 12.6 Å². The van der Waals surface area contributed by atoms with Crippen molar-refractivity contribution in [2.45, 2.75) is 103 Å². The van der Waals surface area contributed by atoms with E-state index in [-0.39, 0.29) is 5.97 Å². The molecule has 0 unspecified atom stereocenters. The Bertz CT molecular complexity index is 427. The summed E-state index contributed by atoms with van der Waals surface area (Å²) < 4.78 is 5.34. The minimum atomic E-state index is -0.0230. The summed E-state index contributed by atoms with van der Waals surface area (Å²) in [6, 6.07) is 10.5. The Balaban J connectivity index is 1.79. The molecule has 0 aliphatic carbocycles. The molecule has 0 N–H and O–H groups in total. The van der Waals surface area contributed by atoms with Crippen LogP contribution in [0.2, 0.25) is 0 Å². The van der Waals surface area contributed by atoms with E-state index in [1.165, 1.54) is 69.8 Å². The molecule has 0 spiro atoms. The van der Waals surface area contributed by atoms with E-state index in [2.05, 4.69) is 31.2 Å². The summed E-state index contributed by atoms with van der Waals surface area (Å²) in [5.41, 5.74) is 1.35. The Morgan fingerprint density at radius 1 is 0.731 bits per heavy atom. The summed E-state index contributed by atoms with van der Waals surface area (Å²) in [5, 5.41) is 0. The van der Waals surface area contributed by atoms with Crippen molar-refractivity contribution in [2.75, 3.05) is 6.61 Å². The molecule has 26 heavy (non-hydrogen) atoms. The summed E-state index contributed by atoms with van der Waals surface area (Å²) >= 11 is 0. The number of benzene rings is 1. The van der Waals surface area contributed by atoms with Gasteiger partial charge in [0.25, 0.3) is 0 Å². The third-order valence-electron chi connectivity index (χ3n) is 4.95. The molecule has 148 valence electrons. The first-order valence-electron chi connectivity index (χ1n) is 11.0. The fourth-order valence-corrected chi connectivity index (χ4v) is 3.27. The van der Waals surface area contributed by atoms with Crippen molar-refractivity contribution in [3.05, 3.63) is 35.9 Å². The van der Waals surface area contributed by atoms with Crippen molar-refractivity contribution in [1.29, 1.82) is 0 Å². The predicted molar refractivity (Wildman–Crippen MR) is 111 cm³/mol. The maximum absolute atomic E-state index is 11.7. The molecule has 2 heteroatoms. The number of aryl methyl sites for hydroxylation is 1. The van der Waals surface area contributed by atoms with E-state index < -0.39 is 0 Å². The second-order valence-electron chi connectivity index (χ2n) is 7.45. The fourth-order valence-electron chi connectivity index (χ4n) is 3.27. The lowest BCUT2D eigenvalue weighted by Gasteiger charge is -2.05. The van der Waals surface area contributed by atoms with Gasteiger partial charge >= 0.3 is 5.97 Å². The monoisotopic (exact) mass is 360 g/mol. The van der Waals surface area contributed by atoms with E-state index in [0.29, 0.717) is 13.0 Å². The Labute approximate surface area is 161 Å². The van der Waals surface area contributed by atoms with Gasteiger partial charge in [0.2, 0.25) is 0 Å². The molecule has 0 saturated carbocycles. The van der Waals surface area contributed by atoms with Gasteiger partial charge in [-0.05, 0) is 31.2 Å². The highest BCUT2D eigenvalue weighted by atomic mass is 16.5. The van der Waals surface area contributed by atoms with Crippen LogP contribution in [0, 0.1) is 0 Å². The van der Waals surface area contributed by atoms with Gasteiger partial charge in [-0.3, -0.25) is 4.79 Å². The van der Waals surface area contributed by atoms with Gasteiger partial charge in [-0.2, -0.15) is 0 Å². The maximum Gasteiger partial charge on any atom is 0.305 e. The normalized spacial score (nSPS) is 10.8. The Hall–Kier alpha value is -1.31. The highest BCUT2D eigenvalue weighted by Crippen LogP contribution is 2.11. The topological polar surface area (TPSA) is 26.3 Å². The molecule has 1 aromatic rings. The third-order valence-corrected chi connectivity index (χ3v) is 4.95. The summed E-state index contributed by atoms with van der Waals surface area (Å²) in [4.78, 5) is 11.7. The summed E-state index contributed by atoms with van der Waals surface area (Å²) in [6.07, 6.45) is 18.1. The zero-order valence-electron chi connectivity index (χ0n) is 17.0. The largest absolute Gasteiger partial charge is 0.466 e. The van der Waals surface area contributed by atoms with E-state index >= 15 is 0 Å². The van der Waals surface area contributed by atoms with E-state index in [0.717, 1.165) is 25.7 Å². The van der Waals surface area contributed by atoms with Crippen molar-refractivity contribution >= 4 is 5.97 Å². The first kappa shape index (κ1) is 22.7. The van der Waals surface area contributed by atoms with E-state index in [9.17, 15) is 4.79 Å². The van der Waals surface area contributed by atoms with Crippen LogP contribution in [-0.2, 0) is 16.0 Å². The molecule has 0 fully saturated rings. The molecule has 0 bridgehead atoms. The van der Waals surface area contributed by atoms with Crippen molar-refractivity contribution in [2.24, 2.45) is 0 Å². The predicted octanol–water partition coefficient (Wildman–Crippen LogP) is 7.25. The molecular formula is C24H40O2. The number of hydrogen-bond acceptors (Lipinski definition) is 2. The number of carbonyl (C=O) groups excluding carboxylic acids is 1. The van der Waals surface area contributed by atoms with Gasteiger partial charge in [-0.1, -0.05) is 101 Å². The summed E-state index contributed by atoms with van der Waals surface area (Å²) in [6.45, 7) is 2.87. The van der Waals surface area contributed by atoms with E-state index in [1.807, 2.05) is 6.07 Å². The maximum atomic E-state index is 11.7. The van der Waals surface area contributed by atoms with E-state index in [1.54, 1.807) is 0 Å². The lowest BCUT2D eigenvalue weighted by atomic mass is 10.1. The molecule has 0 aliphatic heterocycles. The molecule has 0 atom stereocenters. The smallest absolute Gasteiger partial charge is 0.305 e. The molecule has 1 aromatic carbocycles. The Morgan fingerprint density at radius 2 is 1.31 bits per heavy atom. The molecule has 0 aliphatic rings. The molecule has 0 heterocycles. The second-order valence-corrected chi connectivity index (χ2v) is 7.45. The molecule has 0 saturated heterocycles. The van der Waals surface area contributed by atoms with Gasteiger partial charge in [-0.25, -0.2) is 0 Å². The van der Waals surface area contributed by atoms with Gasteiger partial charge in [0, 0.05) is 6.42 Å². The quantitative estimate of drug-likeness (QED) is 0.216. The third kappa shape index (κ3) is 13.9. The van der Waals surface area contributed by atoms with Gasteiger partial charge in [0.1, 0.15) is 0 Å². The minimum Gasteiger partial charge on any atom is -0.466 e. The minimum absolute atomic E-state index is 0.0230. The average Bonchev–Trinajstić information content (AvgIpc) is 2.67. The lowest BCUT2D eigenvalue weighted by Crippen LogP contribution is -2.05.